The summed E-state index contributed by atoms with van der Waals surface area (Å²) in [5.74, 6) is -0.0791. The van der Waals surface area contributed by atoms with E-state index in [0.717, 1.165) is 0 Å². The second-order valence-electron chi connectivity index (χ2n) is 4.06. The Bertz CT molecular complexity index is 252. The molecule has 1 saturated carbocycles. The topological polar surface area (TPSA) is 61.4 Å². The minimum absolute atomic E-state index is 0.0410. The maximum absolute atomic E-state index is 11.7. The molecule has 1 fully saturated rings. The van der Waals surface area contributed by atoms with Crippen LogP contribution in [0.1, 0.15) is 26.2 Å². The predicted octanol–water partition coefficient (Wildman–Crippen LogP) is -0.277. The molecule has 0 radical (unpaired) electrons. The van der Waals surface area contributed by atoms with Crippen molar-refractivity contribution in [2.24, 2.45) is 0 Å². The van der Waals surface area contributed by atoms with Crippen LogP contribution < -0.4 is 10.6 Å². The van der Waals surface area contributed by atoms with Gasteiger partial charge in [0.2, 0.25) is 11.8 Å². The van der Waals surface area contributed by atoms with Gasteiger partial charge in [-0.3, -0.25) is 9.59 Å². The molecule has 0 aromatic carbocycles. The Morgan fingerprint density at radius 3 is 2.56 bits per heavy atom. The average Bonchev–Trinajstić information content (AvgIpc) is 3.09. The van der Waals surface area contributed by atoms with E-state index in [1.54, 1.807) is 11.9 Å². The van der Waals surface area contributed by atoms with Crippen LogP contribution in [0, 0.1) is 0 Å². The Hall–Kier alpha value is -1.10. The Balaban J connectivity index is 2.21. The van der Waals surface area contributed by atoms with E-state index in [4.69, 9.17) is 0 Å². The van der Waals surface area contributed by atoms with Gasteiger partial charge in [-0.2, -0.15) is 0 Å². The van der Waals surface area contributed by atoms with Gasteiger partial charge in [0.25, 0.3) is 0 Å². The van der Waals surface area contributed by atoms with Gasteiger partial charge in [0, 0.05) is 32.6 Å². The summed E-state index contributed by atoms with van der Waals surface area (Å²) in [6.07, 6.45) is 2.93. The lowest BCUT2D eigenvalue weighted by atomic mass is 10.3. The maximum atomic E-state index is 11.7. The molecule has 1 aliphatic rings. The van der Waals surface area contributed by atoms with Crippen LogP contribution >= 0.6 is 0 Å². The summed E-state index contributed by atoms with van der Waals surface area (Å²) in [4.78, 5) is 24.5. The van der Waals surface area contributed by atoms with Crippen LogP contribution in [0.4, 0.5) is 0 Å². The van der Waals surface area contributed by atoms with Gasteiger partial charge in [0.15, 0.2) is 0 Å². The van der Waals surface area contributed by atoms with Crippen molar-refractivity contribution >= 4 is 11.8 Å². The summed E-state index contributed by atoms with van der Waals surface area (Å²) in [6, 6.07) is 0.627. The summed E-state index contributed by atoms with van der Waals surface area (Å²) in [7, 11) is 1.58. The van der Waals surface area contributed by atoms with Crippen molar-refractivity contribution in [1.29, 1.82) is 0 Å². The van der Waals surface area contributed by atoms with E-state index in [-0.39, 0.29) is 18.4 Å². The second-order valence-corrected chi connectivity index (χ2v) is 4.06. The Morgan fingerprint density at radius 2 is 2.06 bits per heavy atom. The van der Waals surface area contributed by atoms with E-state index >= 15 is 0 Å². The van der Waals surface area contributed by atoms with Crippen molar-refractivity contribution in [2.75, 3.05) is 26.7 Å². The van der Waals surface area contributed by atoms with Crippen molar-refractivity contribution in [3.05, 3.63) is 0 Å². The molecule has 0 bridgehead atoms. The number of hydrogen-bond donors (Lipinski definition) is 2. The van der Waals surface area contributed by atoms with Gasteiger partial charge in [-0.25, -0.2) is 0 Å². The standard InChI is InChI=1S/C11H21N3O2/c1-3-14(8-10(15)12-2)11(16)6-7-13-9-4-5-9/h9,13H,3-8H2,1-2H3,(H,12,15). The number of amides is 2. The lowest BCUT2D eigenvalue weighted by Crippen LogP contribution is -2.40. The molecule has 2 N–H and O–H groups in total. The smallest absolute Gasteiger partial charge is 0.239 e. The summed E-state index contributed by atoms with van der Waals surface area (Å²) >= 11 is 0. The van der Waals surface area contributed by atoms with Crippen molar-refractivity contribution in [1.82, 2.24) is 15.5 Å². The molecule has 5 nitrogen and oxygen atoms in total. The highest BCUT2D eigenvalue weighted by atomic mass is 16.2. The van der Waals surface area contributed by atoms with E-state index in [1.807, 2.05) is 6.92 Å². The number of carbonyl (C=O) groups excluding carboxylic acids is 2. The van der Waals surface area contributed by atoms with E-state index in [2.05, 4.69) is 10.6 Å². The first-order chi connectivity index (χ1) is 7.67. The summed E-state index contributed by atoms with van der Waals surface area (Å²) in [6.45, 7) is 3.34. The molecule has 0 heterocycles. The molecule has 16 heavy (non-hydrogen) atoms. The molecule has 0 spiro atoms. The molecule has 1 aliphatic carbocycles. The fourth-order valence-electron chi connectivity index (χ4n) is 1.46. The Labute approximate surface area is 96.6 Å². The number of rotatable bonds is 7. The summed E-state index contributed by atoms with van der Waals surface area (Å²) < 4.78 is 0. The highest BCUT2D eigenvalue weighted by Gasteiger charge is 2.21. The molecule has 92 valence electrons. The zero-order chi connectivity index (χ0) is 12.0. The van der Waals surface area contributed by atoms with E-state index in [0.29, 0.717) is 25.6 Å². The minimum atomic E-state index is -0.120. The molecule has 0 atom stereocenters. The van der Waals surface area contributed by atoms with E-state index in [9.17, 15) is 9.59 Å². The maximum Gasteiger partial charge on any atom is 0.239 e. The third-order valence-electron chi connectivity index (χ3n) is 2.70. The number of carbonyl (C=O) groups is 2. The first kappa shape index (κ1) is 13.0. The van der Waals surface area contributed by atoms with Gasteiger partial charge < -0.3 is 15.5 Å². The molecule has 2 amide bonds. The molecule has 0 aromatic heterocycles. The number of nitrogens with one attached hydrogen (secondary N) is 2. The van der Waals surface area contributed by atoms with Crippen LogP contribution in [0.5, 0.6) is 0 Å². The third-order valence-corrected chi connectivity index (χ3v) is 2.70. The first-order valence-corrected chi connectivity index (χ1v) is 5.89. The molecule has 0 unspecified atom stereocenters. The van der Waals surface area contributed by atoms with Crippen LogP contribution in [0.15, 0.2) is 0 Å². The average molecular weight is 227 g/mol. The predicted molar refractivity (Wildman–Crippen MR) is 62.0 cm³/mol. The largest absolute Gasteiger partial charge is 0.358 e. The van der Waals surface area contributed by atoms with Crippen molar-refractivity contribution in [2.45, 2.75) is 32.2 Å². The van der Waals surface area contributed by atoms with Crippen LogP contribution in [-0.2, 0) is 9.59 Å². The highest BCUT2D eigenvalue weighted by molar-refractivity contribution is 5.84. The van der Waals surface area contributed by atoms with Gasteiger partial charge in [0.05, 0.1) is 6.54 Å². The fraction of sp³-hybridized carbons (Fsp3) is 0.818. The number of nitrogens with zero attached hydrogens (tertiary/aromatic N) is 1. The Kier molecular flexibility index (Phi) is 5.25. The zero-order valence-electron chi connectivity index (χ0n) is 10.1. The van der Waals surface area contributed by atoms with Crippen LogP contribution in [0.2, 0.25) is 0 Å². The van der Waals surface area contributed by atoms with Gasteiger partial charge in [-0.05, 0) is 19.8 Å². The zero-order valence-corrected chi connectivity index (χ0v) is 10.1. The fourth-order valence-corrected chi connectivity index (χ4v) is 1.46. The van der Waals surface area contributed by atoms with Crippen molar-refractivity contribution in [3.8, 4) is 0 Å². The minimum Gasteiger partial charge on any atom is -0.358 e. The number of likely N-dealkylation sites (N-methyl/N-ethyl adjacent to an activating group) is 2. The molecular weight excluding hydrogens is 206 g/mol. The van der Waals surface area contributed by atoms with Crippen LogP contribution in [0.3, 0.4) is 0 Å². The summed E-state index contributed by atoms with van der Waals surface area (Å²) in [5.41, 5.74) is 0. The van der Waals surface area contributed by atoms with Crippen LogP contribution in [-0.4, -0.2) is 49.4 Å². The van der Waals surface area contributed by atoms with E-state index in [1.165, 1.54) is 12.8 Å². The lowest BCUT2D eigenvalue weighted by Gasteiger charge is -2.19. The highest BCUT2D eigenvalue weighted by Crippen LogP contribution is 2.18. The quantitative estimate of drug-likeness (QED) is 0.629. The molecule has 0 aromatic rings. The van der Waals surface area contributed by atoms with Gasteiger partial charge in [-0.1, -0.05) is 0 Å². The van der Waals surface area contributed by atoms with Gasteiger partial charge >= 0.3 is 0 Å². The van der Waals surface area contributed by atoms with E-state index < -0.39 is 0 Å². The van der Waals surface area contributed by atoms with Gasteiger partial charge in [-0.15, -0.1) is 0 Å². The number of hydrogen-bond acceptors (Lipinski definition) is 3. The second kappa shape index (κ2) is 6.48. The first-order valence-electron chi connectivity index (χ1n) is 5.89. The van der Waals surface area contributed by atoms with Crippen molar-refractivity contribution < 1.29 is 9.59 Å². The molecular formula is C11H21N3O2. The molecule has 0 saturated heterocycles. The van der Waals surface area contributed by atoms with Crippen LogP contribution in [0.25, 0.3) is 0 Å². The van der Waals surface area contributed by atoms with Gasteiger partial charge in [0.1, 0.15) is 0 Å². The summed E-state index contributed by atoms with van der Waals surface area (Å²) in [5, 5.41) is 5.81. The molecule has 1 rings (SSSR count). The molecule has 0 aliphatic heterocycles. The normalized spacial score (nSPS) is 14.6. The van der Waals surface area contributed by atoms with Crippen molar-refractivity contribution in [3.63, 3.8) is 0 Å². The SMILES string of the molecule is CCN(CC(=O)NC)C(=O)CCNC1CC1. The Morgan fingerprint density at radius 1 is 1.38 bits per heavy atom. The third kappa shape index (κ3) is 4.61. The lowest BCUT2D eigenvalue weighted by molar-refractivity contribution is -0.135. The monoisotopic (exact) mass is 227 g/mol. The molecule has 5 heteroatoms.